The van der Waals surface area contributed by atoms with Crippen LogP contribution < -0.4 is 4.74 Å². The van der Waals surface area contributed by atoms with Crippen LogP contribution in [0.2, 0.25) is 5.02 Å². The Bertz CT molecular complexity index is 1050. The Labute approximate surface area is 183 Å². The average Bonchev–Trinajstić information content (AvgIpc) is 3.14. The number of hydrogen-bond acceptors (Lipinski definition) is 3. The van der Waals surface area contributed by atoms with Crippen molar-refractivity contribution in [3.63, 3.8) is 0 Å². The van der Waals surface area contributed by atoms with Gasteiger partial charge in [-0.2, -0.15) is 5.26 Å². The summed E-state index contributed by atoms with van der Waals surface area (Å²) in [6, 6.07) is 16.4. The molecule has 1 aliphatic heterocycles. The summed E-state index contributed by atoms with van der Waals surface area (Å²) in [5.41, 5.74) is 2.99. The third kappa shape index (κ3) is 4.48. The van der Waals surface area contributed by atoms with Gasteiger partial charge in [0.1, 0.15) is 11.8 Å². The van der Waals surface area contributed by atoms with Gasteiger partial charge in [-0.3, -0.25) is 0 Å². The number of benzene rings is 2. The summed E-state index contributed by atoms with van der Waals surface area (Å²) in [5.74, 6) is 1.49. The Kier molecular flexibility index (Phi) is 6.62. The van der Waals surface area contributed by atoms with Gasteiger partial charge in [0.25, 0.3) is 0 Å². The molecule has 0 amide bonds. The van der Waals surface area contributed by atoms with E-state index in [1.54, 1.807) is 7.11 Å². The van der Waals surface area contributed by atoms with Gasteiger partial charge in [0.2, 0.25) is 0 Å². The maximum atomic E-state index is 9.49. The van der Waals surface area contributed by atoms with Crippen molar-refractivity contribution < 1.29 is 4.74 Å². The molecule has 30 heavy (non-hydrogen) atoms. The van der Waals surface area contributed by atoms with E-state index in [4.69, 9.17) is 16.3 Å². The molecule has 5 heteroatoms. The van der Waals surface area contributed by atoms with E-state index >= 15 is 0 Å². The lowest BCUT2D eigenvalue weighted by Gasteiger charge is -2.33. The molecule has 0 N–H and O–H groups in total. The zero-order valence-electron chi connectivity index (χ0n) is 17.5. The van der Waals surface area contributed by atoms with Gasteiger partial charge in [-0.05, 0) is 62.4 Å². The lowest BCUT2D eigenvalue weighted by atomic mass is 9.91. The molecule has 4 nitrogen and oxygen atoms in total. The first-order chi connectivity index (χ1) is 14.7. The third-order valence-electron chi connectivity index (χ3n) is 6.14. The zero-order valence-corrected chi connectivity index (χ0v) is 18.2. The minimum absolute atomic E-state index is 0.663. The number of aromatic nitrogens is 1. The standard InChI is InChI=1S/C25H28ClN3O/c1-30-24-11-4-9-22-21(16-27)18-29(25(22)24)14-6-13-28-12-5-7-19(17-28)15-20-8-2-3-10-23(20)26/h2-4,8-11,18-19H,5-7,12-15,17H2,1H3. The molecule has 0 radical (unpaired) electrons. The first-order valence-corrected chi connectivity index (χ1v) is 11.1. The zero-order chi connectivity index (χ0) is 20.9. The molecule has 0 bridgehead atoms. The highest BCUT2D eigenvalue weighted by molar-refractivity contribution is 6.31. The number of ether oxygens (including phenoxy) is 1. The number of piperidine rings is 1. The summed E-state index contributed by atoms with van der Waals surface area (Å²) in [6.45, 7) is 4.24. The van der Waals surface area contributed by atoms with Gasteiger partial charge in [-0.15, -0.1) is 0 Å². The molecular formula is C25H28ClN3O. The van der Waals surface area contributed by atoms with Gasteiger partial charge in [0, 0.05) is 29.7 Å². The van der Waals surface area contributed by atoms with E-state index in [0.717, 1.165) is 60.7 Å². The summed E-state index contributed by atoms with van der Waals surface area (Å²) < 4.78 is 7.73. The number of likely N-dealkylation sites (tertiary alicyclic amines) is 1. The van der Waals surface area contributed by atoms with Crippen molar-refractivity contribution in [2.45, 2.75) is 32.2 Å². The molecule has 4 rings (SSSR count). The minimum Gasteiger partial charge on any atom is -0.495 e. The molecule has 0 aliphatic carbocycles. The van der Waals surface area contributed by atoms with Crippen molar-refractivity contribution in [3.8, 4) is 11.8 Å². The van der Waals surface area contributed by atoms with Crippen molar-refractivity contribution in [1.29, 1.82) is 5.26 Å². The number of para-hydroxylation sites is 1. The van der Waals surface area contributed by atoms with E-state index < -0.39 is 0 Å². The molecule has 2 heterocycles. The number of aryl methyl sites for hydroxylation is 1. The second-order valence-corrected chi connectivity index (χ2v) is 8.57. The third-order valence-corrected chi connectivity index (χ3v) is 6.51. The Balaban J connectivity index is 1.38. The molecular weight excluding hydrogens is 394 g/mol. The van der Waals surface area contributed by atoms with Crippen molar-refractivity contribution in [2.75, 3.05) is 26.7 Å². The Morgan fingerprint density at radius 2 is 2.03 bits per heavy atom. The summed E-state index contributed by atoms with van der Waals surface area (Å²) in [5, 5.41) is 11.3. The number of nitriles is 1. The molecule has 156 valence electrons. The number of hydrogen-bond donors (Lipinski definition) is 0. The van der Waals surface area contributed by atoms with E-state index in [0.29, 0.717) is 11.5 Å². The van der Waals surface area contributed by atoms with E-state index in [-0.39, 0.29) is 0 Å². The molecule has 3 aromatic rings. The van der Waals surface area contributed by atoms with Crippen LogP contribution in [0.25, 0.3) is 10.9 Å². The topological polar surface area (TPSA) is 41.2 Å². The highest BCUT2D eigenvalue weighted by Crippen LogP contribution is 2.30. The fourth-order valence-electron chi connectivity index (χ4n) is 4.72. The summed E-state index contributed by atoms with van der Waals surface area (Å²) in [6.07, 6.45) is 6.58. The second kappa shape index (κ2) is 9.55. The average molecular weight is 422 g/mol. The van der Waals surface area contributed by atoms with E-state index in [9.17, 15) is 5.26 Å². The lowest BCUT2D eigenvalue weighted by molar-refractivity contribution is 0.170. The number of nitrogens with zero attached hydrogens (tertiary/aromatic N) is 3. The molecule has 0 saturated carbocycles. The second-order valence-electron chi connectivity index (χ2n) is 8.16. The Hall–Kier alpha value is -2.48. The van der Waals surface area contributed by atoms with Gasteiger partial charge in [0.05, 0.1) is 18.2 Å². The van der Waals surface area contributed by atoms with Crippen molar-refractivity contribution in [3.05, 3.63) is 64.8 Å². The van der Waals surface area contributed by atoms with E-state index in [2.05, 4.69) is 27.7 Å². The first-order valence-electron chi connectivity index (χ1n) is 10.7. The van der Waals surface area contributed by atoms with E-state index in [1.807, 2.05) is 36.5 Å². The predicted molar refractivity (Wildman–Crippen MR) is 122 cm³/mol. The van der Waals surface area contributed by atoms with Crippen molar-refractivity contribution in [2.24, 2.45) is 5.92 Å². The highest BCUT2D eigenvalue weighted by Gasteiger charge is 2.21. The fraction of sp³-hybridized carbons (Fsp3) is 0.400. The van der Waals surface area contributed by atoms with Crippen molar-refractivity contribution >= 4 is 22.5 Å². The van der Waals surface area contributed by atoms with Crippen LogP contribution in [0.3, 0.4) is 0 Å². The van der Waals surface area contributed by atoms with Crippen LogP contribution in [0.5, 0.6) is 5.75 Å². The van der Waals surface area contributed by atoms with Gasteiger partial charge < -0.3 is 14.2 Å². The molecule has 1 aliphatic rings. The van der Waals surface area contributed by atoms with E-state index in [1.165, 1.54) is 18.4 Å². The predicted octanol–water partition coefficient (Wildman–Crippen LogP) is 5.52. The minimum atomic E-state index is 0.663. The number of fused-ring (bicyclic) bond motifs is 1. The van der Waals surface area contributed by atoms with Gasteiger partial charge in [-0.1, -0.05) is 41.9 Å². The first kappa shape index (κ1) is 20.8. The smallest absolute Gasteiger partial charge is 0.143 e. The molecule has 1 atom stereocenters. The van der Waals surface area contributed by atoms with Gasteiger partial charge >= 0.3 is 0 Å². The fourth-order valence-corrected chi connectivity index (χ4v) is 4.93. The van der Waals surface area contributed by atoms with Crippen molar-refractivity contribution in [1.82, 2.24) is 9.47 Å². The molecule has 1 fully saturated rings. The molecule has 0 spiro atoms. The number of halogens is 1. The largest absolute Gasteiger partial charge is 0.495 e. The molecule has 1 aromatic heterocycles. The van der Waals surface area contributed by atoms with Crippen LogP contribution in [-0.2, 0) is 13.0 Å². The molecule has 1 saturated heterocycles. The summed E-state index contributed by atoms with van der Waals surface area (Å²) >= 11 is 6.37. The summed E-state index contributed by atoms with van der Waals surface area (Å²) in [4.78, 5) is 2.58. The number of rotatable bonds is 7. The van der Waals surface area contributed by atoms with Crippen LogP contribution in [-0.4, -0.2) is 36.2 Å². The van der Waals surface area contributed by atoms with Crippen LogP contribution in [0.4, 0.5) is 0 Å². The van der Waals surface area contributed by atoms with Crippen LogP contribution in [0, 0.1) is 17.2 Å². The maximum absolute atomic E-state index is 9.49. The van der Waals surface area contributed by atoms with Crippen LogP contribution in [0.1, 0.15) is 30.4 Å². The molecule has 1 unspecified atom stereocenters. The summed E-state index contributed by atoms with van der Waals surface area (Å²) in [7, 11) is 1.69. The Morgan fingerprint density at radius 3 is 2.83 bits per heavy atom. The quantitative estimate of drug-likeness (QED) is 0.504. The van der Waals surface area contributed by atoms with Crippen LogP contribution >= 0.6 is 11.6 Å². The highest BCUT2D eigenvalue weighted by atomic mass is 35.5. The normalized spacial score (nSPS) is 17.2. The Morgan fingerprint density at radius 1 is 1.17 bits per heavy atom. The maximum Gasteiger partial charge on any atom is 0.143 e. The number of methoxy groups -OCH3 is 1. The molecule has 2 aromatic carbocycles. The SMILES string of the molecule is COc1cccc2c(C#N)cn(CCCN3CCCC(Cc4ccccc4Cl)C3)c12. The van der Waals surface area contributed by atoms with Gasteiger partial charge in [-0.25, -0.2) is 0 Å². The van der Waals surface area contributed by atoms with Gasteiger partial charge in [0.15, 0.2) is 0 Å². The monoisotopic (exact) mass is 421 g/mol. The van der Waals surface area contributed by atoms with Crippen LogP contribution in [0.15, 0.2) is 48.7 Å². The lowest BCUT2D eigenvalue weighted by Crippen LogP contribution is -2.37.